The Labute approximate surface area is 107 Å². The molecule has 1 aromatic heterocycles. The van der Waals surface area contributed by atoms with Gasteiger partial charge in [0.2, 0.25) is 0 Å². The lowest BCUT2D eigenvalue weighted by molar-refractivity contribution is 0.0694. The van der Waals surface area contributed by atoms with Crippen LogP contribution in [0.3, 0.4) is 0 Å². The van der Waals surface area contributed by atoms with Crippen molar-refractivity contribution in [3.05, 3.63) is 33.7 Å². The van der Waals surface area contributed by atoms with Crippen LogP contribution in [0.2, 0.25) is 0 Å². The van der Waals surface area contributed by atoms with Crippen LogP contribution in [0.25, 0.3) is 0 Å². The number of carbonyl (C=O) groups is 1. The number of nitrogens with zero attached hydrogens (tertiary/aromatic N) is 1. The van der Waals surface area contributed by atoms with Gasteiger partial charge in [-0.15, -0.1) is 0 Å². The first-order valence-corrected chi connectivity index (χ1v) is 6.07. The lowest BCUT2D eigenvalue weighted by atomic mass is 9.82. The van der Waals surface area contributed by atoms with E-state index in [9.17, 15) is 9.59 Å². The predicted molar refractivity (Wildman–Crippen MR) is 71.0 cm³/mol. The fourth-order valence-corrected chi connectivity index (χ4v) is 1.60. The second kappa shape index (κ2) is 4.96. The molecule has 0 aliphatic carbocycles. The Bertz CT molecular complexity index is 509. The molecule has 0 amide bonds. The van der Waals surface area contributed by atoms with E-state index in [2.05, 4.69) is 27.7 Å². The normalized spacial score (nSPS) is 13.4. The van der Waals surface area contributed by atoms with E-state index in [1.165, 1.54) is 12.3 Å². The molecule has 0 aliphatic rings. The van der Waals surface area contributed by atoms with Crippen molar-refractivity contribution in [3.63, 3.8) is 0 Å². The van der Waals surface area contributed by atoms with Crippen molar-refractivity contribution in [1.29, 1.82) is 0 Å². The van der Waals surface area contributed by atoms with Gasteiger partial charge in [0.05, 0.1) is 0 Å². The highest BCUT2D eigenvalue weighted by Gasteiger charge is 2.21. The quantitative estimate of drug-likeness (QED) is 0.898. The maximum atomic E-state index is 11.5. The number of hydrogen-bond donors (Lipinski definition) is 1. The monoisotopic (exact) mass is 251 g/mol. The molecule has 4 heteroatoms. The summed E-state index contributed by atoms with van der Waals surface area (Å²) in [5, 5.41) is 8.96. The number of carboxylic acids is 1. The molecular weight excluding hydrogens is 230 g/mol. The molecule has 1 atom stereocenters. The van der Waals surface area contributed by atoms with Gasteiger partial charge >= 0.3 is 5.97 Å². The maximum Gasteiger partial charge on any atom is 0.341 e. The van der Waals surface area contributed by atoms with Crippen molar-refractivity contribution >= 4 is 5.97 Å². The van der Waals surface area contributed by atoms with Crippen LogP contribution in [-0.4, -0.2) is 15.6 Å². The van der Waals surface area contributed by atoms with E-state index in [-0.39, 0.29) is 11.0 Å². The van der Waals surface area contributed by atoms with Crippen molar-refractivity contribution in [3.8, 4) is 0 Å². The largest absolute Gasteiger partial charge is 0.477 e. The first-order valence-electron chi connectivity index (χ1n) is 6.07. The van der Waals surface area contributed by atoms with Gasteiger partial charge < -0.3 is 9.67 Å². The molecule has 100 valence electrons. The maximum absolute atomic E-state index is 11.5. The Kier molecular flexibility index (Phi) is 3.99. The number of aromatic carboxylic acids is 1. The summed E-state index contributed by atoms with van der Waals surface area (Å²) in [6.07, 6.45) is 1.45. The van der Waals surface area contributed by atoms with Gasteiger partial charge in [-0.25, -0.2) is 4.79 Å². The lowest BCUT2D eigenvalue weighted by Gasteiger charge is -2.28. The molecular formula is C14H21NO3. The number of aryl methyl sites for hydroxylation is 1. The van der Waals surface area contributed by atoms with E-state index in [0.717, 1.165) is 5.69 Å². The Balaban J connectivity index is 3.14. The summed E-state index contributed by atoms with van der Waals surface area (Å²) in [5.41, 5.74) is 0.335. The molecule has 4 nitrogen and oxygen atoms in total. The van der Waals surface area contributed by atoms with Crippen LogP contribution in [0.15, 0.2) is 17.1 Å². The molecule has 1 heterocycles. The molecule has 0 radical (unpaired) electrons. The summed E-state index contributed by atoms with van der Waals surface area (Å²) in [4.78, 5) is 22.5. The third kappa shape index (κ3) is 3.22. The average Bonchev–Trinajstić information content (AvgIpc) is 2.19. The number of rotatable bonds is 3. The van der Waals surface area contributed by atoms with Gasteiger partial charge in [0, 0.05) is 24.5 Å². The molecule has 0 aliphatic heterocycles. The van der Waals surface area contributed by atoms with Crippen LogP contribution in [0.4, 0.5) is 0 Å². The molecule has 1 N–H and O–H groups in total. The molecule has 0 fully saturated rings. The summed E-state index contributed by atoms with van der Waals surface area (Å²) in [5.74, 6) is -0.794. The highest BCUT2D eigenvalue weighted by atomic mass is 16.4. The van der Waals surface area contributed by atoms with Gasteiger partial charge in [-0.2, -0.15) is 0 Å². The van der Waals surface area contributed by atoms with Gasteiger partial charge in [0.1, 0.15) is 5.56 Å². The molecule has 18 heavy (non-hydrogen) atoms. The van der Waals surface area contributed by atoms with Gasteiger partial charge in [0.15, 0.2) is 5.43 Å². The first-order chi connectivity index (χ1) is 8.12. The van der Waals surface area contributed by atoms with Crippen LogP contribution in [0.5, 0.6) is 0 Å². The van der Waals surface area contributed by atoms with E-state index in [1.54, 1.807) is 0 Å². The molecule has 1 aromatic rings. The molecule has 0 aromatic carbocycles. The molecule has 0 bridgehead atoms. The van der Waals surface area contributed by atoms with Crippen LogP contribution in [0.1, 0.15) is 43.7 Å². The van der Waals surface area contributed by atoms with E-state index < -0.39 is 11.4 Å². The van der Waals surface area contributed by atoms with Crippen LogP contribution >= 0.6 is 0 Å². The molecule has 0 saturated heterocycles. The van der Waals surface area contributed by atoms with Crippen molar-refractivity contribution in [2.45, 2.75) is 41.2 Å². The van der Waals surface area contributed by atoms with Crippen LogP contribution in [-0.2, 0) is 6.54 Å². The highest BCUT2D eigenvalue weighted by Crippen LogP contribution is 2.26. The summed E-state index contributed by atoms with van der Waals surface area (Å²) in [6, 6.07) is 1.39. The summed E-state index contributed by atoms with van der Waals surface area (Å²) in [7, 11) is 0. The Morgan fingerprint density at radius 2 is 2.00 bits per heavy atom. The number of carboxylic acid groups (broad SMARTS) is 1. The number of aromatic nitrogens is 1. The summed E-state index contributed by atoms with van der Waals surface area (Å²) >= 11 is 0. The van der Waals surface area contributed by atoms with Crippen molar-refractivity contribution in [2.24, 2.45) is 11.3 Å². The lowest BCUT2D eigenvalue weighted by Crippen LogP contribution is -2.26. The van der Waals surface area contributed by atoms with E-state index >= 15 is 0 Å². The van der Waals surface area contributed by atoms with Crippen molar-refractivity contribution in [2.75, 3.05) is 0 Å². The SMILES string of the molecule is Cc1cc(=O)c(C(=O)O)cn1CC(C)C(C)(C)C. The Morgan fingerprint density at radius 3 is 2.44 bits per heavy atom. The standard InChI is InChI=1S/C14H21NO3/c1-9(14(3,4)5)7-15-8-11(13(17)18)12(16)6-10(15)2/h6,8-9H,7H2,1-5H3,(H,17,18). The van der Waals surface area contributed by atoms with Crippen LogP contribution < -0.4 is 5.43 Å². The fourth-order valence-electron chi connectivity index (χ4n) is 1.60. The minimum Gasteiger partial charge on any atom is -0.477 e. The highest BCUT2D eigenvalue weighted by molar-refractivity contribution is 5.87. The van der Waals surface area contributed by atoms with Crippen molar-refractivity contribution in [1.82, 2.24) is 4.57 Å². The van der Waals surface area contributed by atoms with Crippen LogP contribution in [0, 0.1) is 18.3 Å². The molecule has 1 unspecified atom stereocenters. The second-order valence-electron chi connectivity index (χ2n) is 5.92. The molecule has 0 spiro atoms. The third-order valence-electron chi connectivity index (χ3n) is 3.52. The topological polar surface area (TPSA) is 59.3 Å². The number of hydrogen-bond acceptors (Lipinski definition) is 2. The van der Waals surface area contributed by atoms with E-state index in [4.69, 9.17) is 5.11 Å². The zero-order chi connectivity index (χ0) is 14.1. The molecule has 0 saturated carbocycles. The second-order valence-corrected chi connectivity index (χ2v) is 5.92. The predicted octanol–water partition coefficient (Wildman–Crippen LogP) is 2.54. The van der Waals surface area contributed by atoms with Crippen molar-refractivity contribution < 1.29 is 9.90 Å². The van der Waals surface area contributed by atoms with Gasteiger partial charge in [-0.3, -0.25) is 4.79 Å². The minimum atomic E-state index is -1.17. The van der Waals surface area contributed by atoms with Gasteiger partial charge in [0.25, 0.3) is 0 Å². The number of pyridine rings is 1. The molecule has 1 rings (SSSR count). The zero-order valence-corrected chi connectivity index (χ0v) is 11.7. The zero-order valence-electron chi connectivity index (χ0n) is 11.7. The smallest absolute Gasteiger partial charge is 0.341 e. The summed E-state index contributed by atoms with van der Waals surface area (Å²) in [6.45, 7) is 11.1. The third-order valence-corrected chi connectivity index (χ3v) is 3.52. The fraction of sp³-hybridized carbons (Fsp3) is 0.571. The summed E-state index contributed by atoms with van der Waals surface area (Å²) < 4.78 is 1.85. The average molecular weight is 251 g/mol. The van der Waals surface area contributed by atoms with E-state index in [1.807, 2.05) is 11.5 Å². The minimum absolute atomic E-state index is 0.138. The van der Waals surface area contributed by atoms with E-state index in [0.29, 0.717) is 12.5 Å². The first kappa shape index (κ1) is 14.5. The Hall–Kier alpha value is -1.58. The van der Waals surface area contributed by atoms with Gasteiger partial charge in [-0.05, 0) is 18.3 Å². The Morgan fingerprint density at radius 1 is 1.44 bits per heavy atom. The van der Waals surface area contributed by atoms with Gasteiger partial charge in [-0.1, -0.05) is 27.7 Å².